The number of aromatic nitrogens is 1. The zero-order valence-electron chi connectivity index (χ0n) is 10.8. The second-order valence-corrected chi connectivity index (χ2v) is 8.64. The molecule has 1 N–H and O–H groups in total. The summed E-state index contributed by atoms with van der Waals surface area (Å²) in [6.45, 7) is 2.23. The molecule has 3 atom stereocenters. The highest BCUT2D eigenvalue weighted by molar-refractivity contribution is 8.07. The van der Waals surface area contributed by atoms with Crippen molar-refractivity contribution in [2.24, 2.45) is 0 Å². The van der Waals surface area contributed by atoms with E-state index in [0.717, 1.165) is 16.3 Å². The molecule has 5 heteroatoms. The molecule has 102 valence electrons. The third kappa shape index (κ3) is 3.10. The lowest BCUT2D eigenvalue weighted by molar-refractivity contribution is 0.171. The van der Waals surface area contributed by atoms with Crippen LogP contribution in [0.5, 0.6) is 0 Å². The molecule has 2 aromatic rings. The number of aliphatic hydroxyl groups is 1. The Hall–Kier alpha value is -0.230. The molecule has 0 radical (unpaired) electrons. The van der Waals surface area contributed by atoms with Gasteiger partial charge in [0.05, 0.1) is 21.3 Å². The van der Waals surface area contributed by atoms with Crippen LogP contribution in [0.2, 0.25) is 0 Å². The first kappa shape index (κ1) is 13.7. The first-order valence-electron chi connectivity index (χ1n) is 6.50. The molecule has 2 nitrogen and oxygen atoms in total. The molecular formula is C14H17NOS3. The fourth-order valence-electron chi connectivity index (χ4n) is 2.37. The van der Waals surface area contributed by atoms with Crippen molar-refractivity contribution in [1.29, 1.82) is 0 Å². The SMILES string of the molecule is CC1SCCSC1C(O)Cc1nc2ccccc2s1. The van der Waals surface area contributed by atoms with Crippen LogP contribution in [-0.2, 0) is 6.42 Å². The number of thioether (sulfide) groups is 2. The summed E-state index contributed by atoms with van der Waals surface area (Å²) in [5.41, 5.74) is 1.05. The molecule has 2 heterocycles. The van der Waals surface area contributed by atoms with Gasteiger partial charge in [0.15, 0.2) is 0 Å². The molecule has 0 amide bonds. The van der Waals surface area contributed by atoms with E-state index in [0.29, 0.717) is 16.9 Å². The average Bonchev–Trinajstić information content (AvgIpc) is 2.81. The van der Waals surface area contributed by atoms with Crippen LogP contribution in [0.15, 0.2) is 24.3 Å². The number of hydrogen-bond acceptors (Lipinski definition) is 5. The van der Waals surface area contributed by atoms with Crippen molar-refractivity contribution in [1.82, 2.24) is 4.98 Å². The van der Waals surface area contributed by atoms with Crippen LogP contribution in [0.1, 0.15) is 11.9 Å². The number of fused-ring (bicyclic) bond motifs is 1. The summed E-state index contributed by atoms with van der Waals surface area (Å²) in [5.74, 6) is 2.35. The van der Waals surface area contributed by atoms with E-state index in [1.54, 1.807) is 11.3 Å². The number of para-hydroxylation sites is 1. The second-order valence-electron chi connectivity index (χ2n) is 4.76. The lowest BCUT2D eigenvalue weighted by Crippen LogP contribution is -2.35. The number of benzene rings is 1. The van der Waals surface area contributed by atoms with E-state index >= 15 is 0 Å². The van der Waals surface area contributed by atoms with E-state index in [2.05, 4.69) is 18.0 Å². The topological polar surface area (TPSA) is 33.1 Å². The van der Waals surface area contributed by atoms with Crippen LogP contribution in [0.25, 0.3) is 10.2 Å². The Morgan fingerprint density at radius 2 is 2.11 bits per heavy atom. The Labute approximate surface area is 126 Å². The van der Waals surface area contributed by atoms with E-state index in [9.17, 15) is 5.11 Å². The molecule has 1 saturated heterocycles. The Morgan fingerprint density at radius 1 is 1.32 bits per heavy atom. The Morgan fingerprint density at radius 3 is 2.89 bits per heavy atom. The average molecular weight is 311 g/mol. The molecule has 0 saturated carbocycles. The molecule has 0 bridgehead atoms. The molecule has 0 spiro atoms. The van der Waals surface area contributed by atoms with Gasteiger partial charge in [-0.15, -0.1) is 11.3 Å². The predicted molar refractivity (Wildman–Crippen MR) is 87.5 cm³/mol. The molecule has 1 fully saturated rings. The lowest BCUT2D eigenvalue weighted by Gasteiger charge is -2.31. The summed E-state index contributed by atoms with van der Waals surface area (Å²) in [7, 11) is 0. The fraction of sp³-hybridized carbons (Fsp3) is 0.500. The van der Waals surface area contributed by atoms with Crippen LogP contribution in [0.4, 0.5) is 0 Å². The predicted octanol–water partition coefficient (Wildman–Crippen LogP) is 3.44. The summed E-state index contributed by atoms with van der Waals surface area (Å²) in [6.07, 6.45) is 0.399. The normalized spacial score (nSPS) is 25.6. The number of hydrogen-bond donors (Lipinski definition) is 1. The van der Waals surface area contributed by atoms with Crippen molar-refractivity contribution in [2.45, 2.75) is 29.9 Å². The van der Waals surface area contributed by atoms with Crippen molar-refractivity contribution in [3.05, 3.63) is 29.3 Å². The highest BCUT2D eigenvalue weighted by Crippen LogP contribution is 2.34. The van der Waals surface area contributed by atoms with Crippen molar-refractivity contribution in [3.8, 4) is 0 Å². The van der Waals surface area contributed by atoms with Gasteiger partial charge in [0, 0.05) is 28.4 Å². The molecule has 3 rings (SSSR count). The highest BCUT2D eigenvalue weighted by Gasteiger charge is 2.29. The van der Waals surface area contributed by atoms with Gasteiger partial charge in [0.1, 0.15) is 0 Å². The van der Waals surface area contributed by atoms with Crippen LogP contribution in [0, 0.1) is 0 Å². The summed E-state index contributed by atoms with van der Waals surface area (Å²) in [4.78, 5) is 4.62. The lowest BCUT2D eigenvalue weighted by atomic mass is 10.1. The number of thiazole rings is 1. The molecule has 1 aromatic carbocycles. The summed E-state index contributed by atoms with van der Waals surface area (Å²) < 4.78 is 1.21. The Kier molecular flexibility index (Phi) is 4.37. The maximum absolute atomic E-state index is 10.5. The van der Waals surface area contributed by atoms with Crippen LogP contribution in [0.3, 0.4) is 0 Å². The smallest absolute Gasteiger partial charge is 0.0964 e. The summed E-state index contributed by atoms with van der Waals surface area (Å²) in [5, 5.41) is 12.4. The molecule has 3 unspecified atom stereocenters. The molecule has 19 heavy (non-hydrogen) atoms. The minimum Gasteiger partial charge on any atom is -0.391 e. The Bertz CT molecular complexity index is 523. The Balaban J connectivity index is 1.73. The zero-order valence-corrected chi connectivity index (χ0v) is 13.2. The summed E-state index contributed by atoms with van der Waals surface area (Å²) in [6, 6.07) is 8.18. The minimum atomic E-state index is -0.284. The first-order valence-corrected chi connectivity index (χ1v) is 9.41. The van der Waals surface area contributed by atoms with Crippen molar-refractivity contribution >= 4 is 45.1 Å². The number of nitrogens with zero attached hydrogens (tertiary/aromatic N) is 1. The van der Waals surface area contributed by atoms with Crippen molar-refractivity contribution < 1.29 is 5.11 Å². The van der Waals surface area contributed by atoms with Gasteiger partial charge in [-0.3, -0.25) is 0 Å². The van der Waals surface area contributed by atoms with E-state index in [4.69, 9.17) is 0 Å². The maximum atomic E-state index is 10.5. The fourth-order valence-corrected chi connectivity index (χ4v) is 6.24. The molecular weight excluding hydrogens is 294 g/mol. The largest absolute Gasteiger partial charge is 0.391 e. The van der Waals surface area contributed by atoms with Crippen molar-refractivity contribution in [3.63, 3.8) is 0 Å². The summed E-state index contributed by atoms with van der Waals surface area (Å²) >= 11 is 5.59. The van der Waals surface area contributed by atoms with Gasteiger partial charge < -0.3 is 5.11 Å². The molecule has 0 aliphatic carbocycles. The van der Waals surface area contributed by atoms with Crippen LogP contribution in [-0.4, -0.2) is 38.2 Å². The van der Waals surface area contributed by atoms with Gasteiger partial charge in [0.2, 0.25) is 0 Å². The standard InChI is InChI=1S/C14H17NOS3/c1-9-14(18-7-6-17-9)11(16)8-13-15-10-4-2-3-5-12(10)19-13/h2-5,9,11,14,16H,6-8H2,1H3. The number of rotatable bonds is 3. The monoisotopic (exact) mass is 311 g/mol. The third-order valence-corrected chi connectivity index (χ3v) is 7.63. The van der Waals surface area contributed by atoms with E-state index < -0.39 is 0 Å². The van der Waals surface area contributed by atoms with Gasteiger partial charge in [0.25, 0.3) is 0 Å². The van der Waals surface area contributed by atoms with Gasteiger partial charge in [-0.25, -0.2) is 4.98 Å². The number of aliphatic hydroxyl groups excluding tert-OH is 1. The molecule has 1 aromatic heterocycles. The van der Waals surface area contributed by atoms with E-state index in [1.165, 1.54) is 10.5 Å². The van der Waals surface area contributed by atoms with Crippen LogP contribution < -0.4 is 0 Å². The van der Waals surface area contributed by atoms with Gasteiger partial charge in [-0.2, -0.15) is 23.5 Å². The van der Waals surface area contributed by atoms with Gasteiger partial charge >= 0.3 is 0 Å². The zero-order chi connectivity index (χ0) is 13.2. The third-order valence-electron chi connectivity index (χ3n) is 3.34. The van der Waals surface area contributed by atoms with Crippen molar-refractivity contribution in [2.75, 3.05) is 11.5 Å². The van der Waals surface area contributed by atoms with E-state index in [-0.39, 0.29) is 6.10 Å². The minimum absolute atomic E-state index is 0.284. The van der Waals surface area contributed by atoms with Gasteiger partial charge in [-0.1, -0.05) is 19.1 Å². The van der Waals surface area contributed by atoms with Gasteiger partial charge in [-0.05, 0) is 12.1 Å². The second kappa shape index (κ2) is 6.04. The maximum Gasteiger partial charge on any atom is 0.0964 e. The quantitative estimate of drug-likeness (QED) is 0.941. The molecule has 1 aliphatic heterocycles. The molecule has 1 aliphatic rings. The first-order chi connectivity index (χ1) is 9.24. The van der Waals surface area contributed by atoms with E-state index in [1.807, 2.05) is 41.7 Å². The van der Waals surface area contributed by atoms with Crippen LogP contribution >= 0.6 is 34.9 Å². The highest BCUT2D eigenvalue weighted by atomic mass is 32.2.